The second-order valence-electron chi connectivity index (χ2n) is 8.50. The summed E-state index contributed by atoms with van der Waals surface area (Å²) in [5.74, 6) is -0.220. The van der Waals surface area contributed by atoms with E-state index in [1.165, 1.54) is 25.7 Å². The fourth-order valence-electron chi connectivity index (χ4n) is 3.75. The molecule has 1 aliphatic rings. The maximum atomic E-state index is 11.6. The van der Waals surface area contributed by atoms with Gasteiger partial charge in [-0.3, -0.25) is 19.4 Å². The van der Waals surface area contributed by atoms with E-state index in [1.54, 1.807) is 4.68 Å². The Balaban J connectivity index is 0.000000194. The van der Waals surface area contributed by atoms with Gasteiger partial charge in [0.2, 0.25) is 0 Å². The molecule has 1 N–H and O–H groups in total. The van der Waals surface area contributed by atoms with Crippen molar-refractivity contribution in [2.75, 3.05) is 37.0 Å². The molecule has 0 unspecified atom stereocenters. The van der Waals surface area contributed by atoms with Crippen molar-refractivity contribution in [3.63, 3.8) is 0 Å². The zero-order valence-electron chi connectivity index (χ0n) is 20.3. The van der Waals surface area contributed by atoms with Crippen LogP contribution in [0.4, 0.5) is 17.1 Å². The number of azo groups is 1. The summed E-state index contributed by atoms with van der Waals surface area (Å²) in [5, 5.41) is 10.9. The summed E-state index contributed by atoms with van der Waals surface area (Å²) < 4.78 is 1.73. The number of rotatable bonds is 8. The molecule has 8 heteroatoms. The molecule has 0 saturated heterocycles. The smallest absolute Gasteiger partial charge is 0.297 e. The van der Waals surface area contributed by atoms with E-state index in [1.807, 2.05) is 62.4 Å². The lowest BCUT2D eigenvalue weighted by molar-refractivity contribution is 0.100. The van der Waals surface area contributed by atoms with Crippen LogP contribution in [0.25, 0.3) is 10.9 Å². The van der Waals surface area contributed by atoms with E-state index in [0.717, 1.165) is 35.4 Å². The predicted molar refractivity (Wildman–Crippen MR) is 135 cm³/mol. The lowest BCUT2D eigenvalue weighted by atomic mass is 10.1. The van der Waals surface area contributed by atoms with Crippen molar-refractivity contribution in [3.05, 3.63) is 52.3 Å². The zero-order valence-corrected chi connectivity index (χ0v) is 20.3. The standard InChI is InChI=1S/C15H21N3O.C10H13N3O/c1-3-5-9-18(10-6-4-2)12-7-8-14-13(11-12)15(19)17-16-14;1-12(2)7-4-5-9-8(6-7)10(14)11-13(9)3/h7-8,11H,3-6,9-10H2,1-2H3;4-6H,1-3H3,(H,11,14). The van der Waals surface area contributed by atoms with Crippen molar-refractivity contribution < 1.29 is 4.79 Å². The molecule has 8 nitrogen and oxygen atoms in total. The maximum Gasteiger partial charge on any atom is 0.297 e. The van der Waals surface area contributed by atoms with E-state index in [2.05, 4.69) is 34.1 Å². The quantitative estimate of drug-likeness (QED) is 0.507. The molecule has 1 aromatic heterocycles. The van der Waals surface area contributed by atoms with Gasteiger partial charge in [0.25, 0.3) is 11.5 Å². The number of benzene rings is 2. The van der Waals surface area contributed by atoms with Gasteiger partial charge in [0.15, 0.2) is 0 Å². The van der Waals surface area contributed by atoms with Crippen LogP contribution in [0.1, 0.15) is 49.9 Å². The van der Waals surface area contributed by atoms with E-state index >= 15 is 0 Å². The van der Waals surface area contributed by atoms with Crippen LogP contribution in [0.2, 0.25) is 0 Å². The summed E-state index contributed by atoms with van der Waals surface area (Å²) in [4.78, 5) is 27.4. The van der Waals surface area contributed by atoms with Crippen LogP contribution in [-0.4, -0.2) is 42.9 Å². The van der Waals surface area contributed by atoms with E-state index in [4.69, 9.17) is 0 Å². The van der Waals surface area contributed by atoms with E-state index in [9.17, 15) is 9.59 Å². The normalized spacial score (nSPS) is 12.0. The van der Waals surface area contributed by atoms with Crippen LogP contribution >= 0.6 is 0 Å². The zero-order chi connectivity index (χ0) is 24.0. The summed E-state index contributed by atoms with van der Waals surface area (Å²) in [6.07, 6.45) is 4.70. The number of amides is 1. The second kappa shape index (κ2) is 10.9. The topological polar surface area (TPSA) is 86.1 Å². The van der Waals surface area contributed by atoms with Gasteiger partial charge in [-0.15, -0.1) is 10.2 Å². The third-order valence-electron chi connectivity index (χ3n) is 5.76. The molecule has 0 spiro atoms. The molecule has 33 heavy (non-hydrogen) atoms. The van der Waals surface area contributed by atoms with Gasteiger partial charge >= 0.3 is 0 Å². The first kappa shape index (κ1) is 24.2. The van der Waals surface area contributed by atoms with E-state index < -0.39 is 0 Å². The monoisotopic (exact) mass is 450 g/mol. The van der Waals surface area contributed by atoms with Gasteiger partial charge in [0.1, 0.15) is 0 Å². The van der Waals surface area contributed by atoms with Crippen LogP contribution in [0.5, 0.6) is 0 Å². The Morgan fingerprint density at radius 2 is 1.58 bits per heavy atom. The van der Waals surface area contributed by atoms with E-state index in [0.29, 0.717) is 11.3 Å². The van der Waals surface area contributed by atoms with Crippen LogP contribution in [0.15, 0.2) is 51.4 Å². The van der Waals surface area contributed by atoms with Gasteiger partial charge < -0.3 is 9.80 Å². The summed E-state index contributed by atoms with van der Waals surface area (Å²) in [7, 11) is 5.75. The number of hydrogen-bond donors (Lipinski definition) is 1. The minimum atomic E-state index is -0.220. The SMILES string of the molecule is CCCCN(CCCC)c1ccc2c(c1)C(=O)N=N2.CN(C)c1ccc2c(c1)c(=O)[nH]n2C. The molecular weight excluding hydrogens is 416 g/mol. The molecule has 0 aliphatic carbocycles. The first-order valence-corrected chi connectivity index (χ1v) is 11.6. The fourth-order valence-corrected chi connectivity index (χ4v) is 3.75. The molecule has 0 fully saturated rings. The van der Waals surface area contributed by atoms with Gasteiger partial charge in [-0.05, 0) is 49.2 Å². The van der Waals surface area contributed by atoms with Crippen molar-refractivity contribution in [1.29, 1.82) is 0 Å². The first-order valence-electron chi connectivity index (χ1n) is 11.6. The Hall–Kier alpha value is -3.42. The van der Waals surface area contributed by atoms with Crippen LogP contribution in [-0.2, 0) is 7.05 Å². The van der Waals surface area contributed by atoms with Gasteiger partial charge in [0, 0.05) is 45.6 Å². The number of unbranched alkanes of at least 4 members (excludes halogenated alkanes) is 2. The molecule has 2 aromatic carbocycles. The van der Waals surface area contributed by atoms with E-state index in [-0.39, 0.29) is 11.5 Å². The van der Waals surface area contributed by atoms with Crippen molar-refractivity contribution in [3.8, 4) is 0 Å². The number of anilines is 2. The molecular formula is C25H34N6O2. The van der Waals surface area contributed by atoms with Gasteiger partial charge in [0.05, 0.1) is 22.2 Å². The average Bonchev–Trinajstić information content (AvgIpc) is 3.32. The third kappa shape index (κ3) is 5.69. The average molecular weight is 451 g/mol. The van der Waals surface area contributed by atoms with Gasteiger partial charge in [-0.2, -0.15) is 0 Å². The molecule has 1 amide bonds. The highest BCUT2D eigenvalue weighted by molar-refractivity contribution is 6.02. The minimum Gasteiger partial charge on any atom is -0.378 e. The largest absolute Gasteiger partial charge is 0.378 e. The van der Waals surface area contributed by atoms with Crippen molar-refractivity contribution >= 4 is 33.9 Å². The number of H-pyrrole nitrogens is 1. The van der Waals surface area contributed by atoms with Crippen molar-refractivity contribution in [1.82, 2.24) is 9.78 Å². The number of aromatic nitrogens is 2. The van der Waals surface area contributed by atoms with Crippen molar-refractivity contribution in [2.45, 2.75) is 39.5 Å². The molecule has 3 aromatic rings. The molecule has 0 radical (unpaired) electrons. The van der Waals surface area contributed by atoms with Gasteiger partial charge in [-0.1, -0.05) is 26.7 Å². The third-order valence-corrected chi connectivity index (χ3v) is 5.76. The molecule has 0 bridgehead atoms. The van der Waals surface area contributed by atoms with Gasteiger partial charge in [-0.25, -0.2) is 0 Å². The van der Waals surface area contributed by atoms with Crippen LogP contribution < -0.4 is 15.4 Å². The highest BCUT2D eigenvalue weighted by Gasteiger charge is 2.19. The molecule has 2 heterocycles. The Kier molecular flexibility index (Phi) is 8.03. The Morgan fingerprint density at radius 1 is 0.909 bits per heavy atom. The summed E-state index contributed by atoms with van der Waals surface area (Å²) in [6, 6.07) is 11.7. The van der Waals surface area contributed by atoms with Crippen molar-refractivity contribution in [2.24, 2.45) is 17.3 Å². The number of aromatic amines is 1. The Morgan fingerprint density at radius 3 is 2.21 bits per heavy atom. The summed E-state index contributed by atoms with van der Waals surface area (Å²) in [5.41, 5.74) is 4.37. The molecule has 1 aliphatic heterocycles. The Labute approximate surface area is 194 Å². The fraction of sp³-hybridized carbons (Fsp3) is 0.440. The highest BCUT2D eigenvalue weighted by atomic mass is 16.2. The van der Waals surface area contributed by atoms with Crippen LogP contribution in [0.3, 0.4) is 0 Å². The molecule has 0 atom stereocenters. The summed E-state index contributed by atoms with van der Waals surface area (Å²) >= 11 is 0. The molecule has 176 valence electrons. The van der Waals surface area contributed by atoms with Crippen LogP contribution in [0, 0.1) is 0 Å². The maximum absolute atomic E-state index is 11.6. The molecule has 0 saturated carbocycles. The first-order chi connectivity index (χ1) is 15.8. The second-order valence-corrected chi connectivity index (χ2v) is 8.50. The number of nitrogens with one attached hydrogen (secondary N) is 1. The number of fused-ring (bicyclic) bond motifs is 2. The Bertz CT molecular complexity index is 1180. The number of carbonyl (C=O) groups is 1. The number of aryl methyl sites for hydroxylation is 1. The lowest BCUT2D eigenvalue weighted by Gasteiger charge is -2.25. The molecule has 4 rings (SSSR count). The highest BCUT2D eigenvalue weighted by Crippen LogP contribution is 2.31. The lowest BCUT2D eigenvalue weighted by Crippen LogP contribution is -2.25. The minimum absolute atomic E-state index is 0.0359. The number of carbonyl (C=O) groups excluding carboxylic acids is 1. The number of nitrogens with zero attached hydrogens (tertiary/aromatic N) is 5. The number of hydrogen-bond acceptors (Lipinski definition) is 5. The summed E-state index contributed by atoms with van der Waals surface area (Å²) in [6.45, 7) is 6.47. The predicted octanol–water partition coefficient (Wildman–Crippen LogP) is 5.26.